The Bertz CT molecular complexity index is 546. The van der Waals surface area contributed by atoms with Gasteiger partial charge in [-0.25, -0.2) is 8.42 Å². The first-order chi connectivity index (χ1) is 8.39. The molecular weight excluding hydrogens is 272 g/mol. The minimum Gasteiger partial charge on any atom is -0.352 e. The van der Waals surface area contributed by atoms with Gasteiger partial charge in [-0.1, -0.05) is 0 Å². The Hall–Kier alpha value is -0.920. The van der Waals surface area contributed by atoms with Gasteiger partial charge >= 0.3 is 0 Å². The predicted octanol–water partition coefficient (Wildman–Crippen LogP) is 0.956. The van der Waals surface area contributed by atoms with Crippen LogP contribution in [0.5, 0.6) is 0 Å². The molecule has 2 rings (SSSR count). The molecule has 0 spiro atoms. The molecule has 0 aromatic carbocycles. The van der Waals surface area contributed by atoms with E-state index in [1.165, 1.54) is 18.4 Å². The van der Waals surface area contributed by atoms with E-state index in [0.29, 0.717) is 0 Å². The van der Waals surface area contributed by atoms with Gasteiger partial charge in [0.25, 0.3) is 10.0 Å². The molecule has 1 saturated carbocycles. The van der Waals surface area contributed by atoms with E-state index in [0.717, 1.165) is 22.0 Å². The molecular formula is C11H16N2O3S2. The van der Waals surface area contributed by atoms with Gasteiger partial charge in [-0.15, -0.1) is 11.3 Å². The Kier molecular flexibility index (Phi) is 3.74. The highest BCUT2D eigenvalue weighted by Crippen LogP contribution is 2.23. The highest BCUT2D eigenvalue weighted by Gasteiger charge is 2.27. The smallest absolute Gasteiger partial charge is 0.252 e. The normalized spacial score (nSPS) is 15.9. The second-order valence-corrected chi connectivity index (χ2v) is 8.03. The lowest BCUT2D eigenvalue weighted by atomic mass is 10.5. The molecule has 1 aliphatic carbocycles. The number of aryl methyl sites for hydroxylation is 1. The Morgan fingerprint density at radius 2 is 2.17 bits per heavy atom. The number of amides is 1. The maximum Gasteiger partial charge on any atom is 0.252 e. The van der Waals surface area contributed by atoms with Crippen LogP contribution in [0.1, 0.15) is 17.7 Å². The van der Waals surface area contributed by atoms with Gasteiger partial charge in [-0.3, -0.25) is 4.79 Å². The average Bonchev–Trinajstić information content (AvgIpc) is 2.96. The summed E-state index contributed by atoms with van der Waals surface area (Å²) in [7, 11) is -2.11. The van der Waals surface area contributed by atoms with Gasteiger partial charge < -0.3 is 5.32 Å². The number of rotatable bonds is 5. The second kappa shape index (κ2) is 4.99. The van der Waals surface area contributed by atoms with E-state index in [9.17, 15) is 13.2 Å². The Morgan fingerprint density at radius 1 is 1.50 bits per heavy atom. The third-order valence-electron chi connectivity index (χ3n) is 2.69. The molecule has 18 heavy (non-hydrogen) atoms. The molecule has 1 aromatic heterocycles. The van der Waals surface area contributed by atoms with Crippen LogP contribution in [-0.4, -0.2) is 38.3 Å². The number of hydrogen-bond donors (Lipinski definition) is 1. The number of nitrogens with one attached hydrogen (secondary N) is 1. The molecule has 5 nitrogen and oxygen atoms in total. The summed E-state index contributed by atoms with van der Waals surface area (Å²) in [6.45, 7) is 1.72. The van der Waals surface area contributed by atoms with Gasteiger partial charge in [0, 0.05) is 18.0 Å². The van der Waals surface area contributed by atoms with Crippen LogP contribution < -0.4 is 5.32 Å². The summed E-state index contributed by atoms with van der Waals surface area (Å²) in [6, 6.07) is 3.58. The van der Waals surface area contributed by atoms with Crippen LogP contribution >= 0.6 is 11.3 Å². The van der Waals surface area contributed by atoms with Crippen molar-refractivity contribution in [1.82, 2.24) is 9.62 Å². The highest BCUT2D eigenvalue weighted by atomic mass is 32.2. The molecule has 0 aliphatic heterocycles. The molecule has 1 N–H and O–H groups in total. The van der Waals surface area contributed by atoms with Crippen LogP contribution in [0.2, 0.25) is 0 Å². The summed E-state index contributed by atoms with van der Waals surface area (Å²) in [5, 5.41) is 2.77. The lowest BCUT2D eigenvalue weighted by molar-refractivity contribution is -0.121. The summed E-state index contributed by atoms with van der Waals surface area (Å²) in [4.78, 5) is 12.5. The molecule has 1 amide bonds. The van der Waals surface area contributed by atoms with E-state index in [2.05, 4.69) is 5.32 Å². The van der Waals surface area contributed by atoms with Crippen molar-refractivity contribution in [1.29, 1.82) is 0 Å². The second-order valence-electron chi connectivity index (χ2n) is 4.47. The fourth-order valence-corrected chi connectivity index (χ4v) is 4.11. The first-order valence-corrected chi connectivity index (χ1v) is 7.97. The lowest BCUT2D eigenvalue weighted by Crippen LogP contribution is -2.38. The van der Waals surface area contributed by atoms with E-state index in [-0.39, 0.29) is 22.7 Å². The van der Waals surface area contributed by atoms with Gasteiger partial charge in [-0.05, 0) is 31.9 Å². The largest absolute Gasteiger partial charge is 0.352 e. The molecule has 0 atom stereocenters. The van der Waals surface area contributed by atoms with Crippen molar-refractivity contribution in [3.63, 3.8) is 0 Å². The van der Waals surface area contributed by atoms with Crippen molar-refractivity contribution in [3.05, 3.63) is 17.0 Å². The minimum atomic E-state index is -3.54. The molecule has 1 heterocycles. The number of nitrogens with zero attached hydrogens (tertiary/aromatic N) is 1. The molecule has 1 aromatic rings. The zero-order valence-corrected chi connectivity index (χ0v) is 12.0. The fraction of sp³-hybridized carbons (Fsp3) is 0.545. The summed E-state index contributed by atoms with van der Waals surface area (Å²) < 4.78 is 25.7. The molecule has 0 saturated heterocycles. The number of likely N-dealkylation sites (N-methyl/N-ethyl adjacent to an activating group) is 1. The fourth-order valence-electron chi connectivity index (χ4n) is 1.49. The molecule has 0 bridgehead atoms. The van der Waals surface area contributed by atoms with E-state index in [4.69, 9.17) is 0 Å². The monoisotopic (exact) mass is 288 g/mol. The van der Waals surface area contributed by atoms with Gasteiger partial charge in [0.15, 0.2) is 0 Å². The number of carbonyl (C=O) groups is 1. The topological polar surface area (TPSA) is 66.5 Å². The zero-order valence-electron chi connectivity index (χ0n) is 10.3. The lowest BCUT2D eigenvalue weighted by Gasteiger charge is -2.15. The SMILES string of the molecule is Cc1ccc(S(=O)(=O)N(C)CC(=O)NC2CC2)s1. The van der Waals surface area contributed by atoms with Crippen molar-refractivity contribution in [2.45, 2.75) is 30.0 Å². The maximum absolute atomic E-state index is 12.1. The molecule has 0 radical (unpaired) electrons. The van der Waals surface area contributed by atoms with Crippen molar-refractivity contribution in [2.24, 2.45) is 0 Å². The van der Waals surface area contributed by atoms with Gasteiger partial charge in [0.1, 0.15) is 4.21 Å². The zero-order chi connectivity index (χ0) is 13.3. The van der Waals surface area contributed by atoms with E-state index < -0.39 is 10.0 Å². The highest BCUT2D eigenvalue weighted by molar-refractivity contribution is 7.91. The van der Waals surface area contributed by atoms with Crippen LogP contribution in [0.3, 0.4) is 0 Å². The van der Waals surface area contributed by atoms with Crippen molar-refractivity contribution < 1.29 is 13.2 Å². The Balaban J connectivity index is 2.02. The van der Waals surface area contributed by atoms with E-state index in [1.807, 2.05) is 6.92 Å². The Morgan fingerprint density at radius 3 is 2.67 bits per heavy atom. The van der Waals surface area contributed by atoms with Crippen LogP contribution in [0.25, 0.3) is 0 Å². The number of thiophene rings is 1. The summed E-state index contributed by atoms with van der Waals surface area (Å²) >= 11 is 1.22. The van der Waals surface area contributed by atoms with Crippen LogP contribution in [-0.2, 0) is 14.8 Å². The van der Waals surface area contributed by atoms with Gasteiger partial charge in [0.05, 0.1) is 6.54 Å². The quantitative estimate of drug-likeness (QED) is 0.877. The standard InChI is InChI=1S/C11H16N2O3S2/c1-8-3-6-11(17-8)18(15,16)13(2)7-10(14)12-9-4-5-9/h3,6,9H,4-5,7H2,1-2H3,(H,12,14). The number of hydrogen-bond acceptors (Lipinski definition) is 4. The molecule has 7 heteroatoms. The third-order valence-corrected chi connectivity index (χ3v) is 5.96. The van der Waals surface area contributed by atoms with Crippen molar-refractivity contribution >= 4 is 27.3 Å². The van der Waals surface area contributed by atoms with Gasteiger partial charge in [-0.2, -0.15) is 4.31 Å². The van der Waals surface area contributed by atoms with Crippen molar-refractivity contribution in [3.8, 4) is 0 Å². The van der Waals surface area contributed by atoms with E-state index >= 15 is 0 Å². The third kappa shape index (κ3) is 3.09. The van der Waals surface area contributed by atoms with Crippen LogP contribution in [0, 0.1) is 6.92 Å². The molecule has 100 valence electrons. The molecule has 1 fully saturated rings. The molecule has 1 aliphatic rings. The van der Waals surface area contributed by atoms with Gasteiger partial charge in [0.2, 0.25) is 5.91 Å². The predicted molar refractivity (Wildman–Crippen MR) is 70.0 cm³/mol. The number of carbonyl (C=O) groups excluding carboxylic acids is 1. The summed E-state index contributed by atoms with van der Waals surface area (Å²) in [5.74, 6) is -0.239. The Labute approximate surface area is 111 Å². The summed E-state index contributed by atoms with van der Waals surface area (Å²) in [5.41, 5.74) is 0. The molecule has 0 unspecified atom stereocenters. The first-order valence-electron chi connectivity index (χ1n) is 5.72. The van der Waals surface area contributed by atoms with Crippen molar-refractivity contribution in [2.75, 3.05) is 13.6 Å². The number of sulfonamides is 1. The van der Waals surface area contributed by atoms with E-state index in [1.54, 1.807) is 12.1 Å². The minimum absolute atomic E-state index is 0.129. The summed E-state index contributed by atoms with van der Waals surface area (Å²) in [6.07, 6.45) is 1.98. The first kappa shape index (κ1) is 13.5. The van der Waals surface area contributed by atoms with Crippen LogP contribution in [0.4, 0.5) is 0 Å². The maximum atomic E-state index is 12.1. The van der Waals surface area contributed by atoms with Crippen LogP contribution in [0.15, 0.2) is 16.3 Å². The average molecular weight is 288 g/mol.